The van der Waals surface area contributed by atoms with Gasteiger partial charge in [-0.25, -0.2) is 0 Å². The summed E-state index contributed by atoms with van der Waals surface area (Å²) in [5, 5.41) is 6.30. The molecule has 0 aliphatic heterocycles. The minimum atomic E-state index is -0.183. The molecule has 0 unspecified atom stereocenters. The van der Waals surface area contributed by atoms with Crippen LogP contribution in [0, 0.1) is 6.92 Å². The van der Waals surface area contributed by atoms with Gasteiger partial charge in [0.05, 0.1) is 6.04 Å². The first-order valence-electron chi connectivity index (χ1n) is 8.94. The predicted octanol–water partition coefficient (Wildman–Crippen LogP) is 5.78. The van der Waals surface area contributed by atoms with E-state index in [4.69, 9.17) is 4.42 Å². The molecular weight excluding hydrogens is 322 g/mol. The maximum Gasteiger partial charge on any atom is 0.287 e. The van der Waals surface area contributed by atoms with Crippen LogP contribution in [0.3, 0.4) is 0 Å². The second-order valence-electron chi connectivity index (χ2n) is 6.65. The normalized spacial score (nSPS) is 12.4. The van der Waals surface area contributed by atoms with Crippen molar-refractivity contribution in [1.82, 2.24) is 5.32 Å². The van der Waals surface area contributed by atoms with Crippen LogP contribution in [0.25, 0.3) is 21.7 Å². The molecule has 3 aromatic carbocycles. The van der Waals surface area contributed by atoms with Gasteiger partial charge in [0.1, 0.15) is 5.58 Å². The van der Waals surface area contributed by atoms with Gasteiger partial charge in [-0.05, 0) is 41.8 Å². The van der Waals surface area contributed by atoms with Crippen molar-refractivity contribution in [1.29, 1.82) is 0 Å². The van der Waals surface area contributed by atoms with E-state index in [-0.39, 0.29) is 11.9 Å². The lowest BCUT2D eigenvalue weighted by atomic mass is 10.0. The van der Waals surface area contributed by atoms with Crippen molar-refractivity contribution in [2.24, 2.45) is 0 Å². The number of furan rings is 1. The zero-order valence-corrected chi connectivity index (χ0v) is 15.0. The van der Waals surface area contributed by atoms with Gasteiger partial charge in [0.25, 0.3) is 5.91 Å². The van der Waals surface area contributed by atoms with Gasteiger partial charge in [-0.3, -0.25) is 4.79 Å². The molecule has 1 N–H and O–H groups in total. The molecule has 0 radical (unpaired) electrons. The molecule has 1 amide bonds. The number of carbonyl (C=O) groups excluding carboxylic acids is 1. The summed E-state index contributed by atoms with van der Waals surface area (Å²) < 4.78 is 5.83. The maximum atomic E-state index is 12.8. The molecule has 1 aromatic heterocycles. The van der Waals surface area contributed by atoms with E-state index in [1.54, 1.807) is 0 Å². The third-order valence-corrected chi connectivity index (χ3v) is 4.84. The average Bonchev–Trinajstić information content (AvgIpc) is 3.12. The smallest absolute Gasteiger partial charge is 0.287 e. The lowest BCUT2D eigenvalue weighted by Gasteiger charge is -2.16. The molecule has 130 valence electrons. The van der Waals surface area contributed by atoms with Gasteiger partial charge in [-0.2, -0.15) is 0 Å². The number of fused-ring (bicyclic) bond motifs is 3. The highest BCUT2D eigenvalue weighted by Crippen LogP contribution is 2.28. The van der Waals surface area contributed by atoms with Gasteiger partial charge < -0.3 is 9.73 Å². The number of rotatable bonds is 4. The van der Waals surface area contributed by atoms with E-state index < -0.39 is 0 Å². The monoisotopic (exact) mass is 343 g/mol. The van der Waals surface area contributed by atoms with Crippen LogP contribution in [0.15, 0.2) is 71.1 Å². The number of aryl methyl sites for hydroxylation is 1. The highest BCUT2D eigenvalue weighted by molar-refractivity contribution is 6.08. The summed E-state index contributed by atoms with van der Waals surface area (Å²) in [5.41, 5.74) is 3.05. The summed E-state index contributed by atoms with van der Waals surface area (Å²) in [7, 11) is 0. The highest BCUT2D eigenvalue weighted by Gasteiger charge is 2.18. The van der Waals surface area contributed by atoms with E-state index in [2.05, 4.69) is 55.6 Å². The Bertz CT molecular complexity index is 1080. The molecule has 0 aliphatic rings. The fourth-order valence-electron chi connectivity index (χ4n) is 3.35. The number of amides is 1. The van der Waals surface area contributed by atoms with Crippen LogP contribution in [0.2, 0.25) is 0 Å². The van der Waals surface area contributed by atoms with Gasteiger partial charge in [0, 0.05) is 5.39 Å². The molecular formula is C23H21NO2. The summed E-state index contributed by atoms with van der Waals surface area (Å²) in [6.45, 7) is 4.12. The zero-order valence-electron chi connectivity index (χ0n) is 15.0. The largest absolute Gasteiger partial charge is 0.451 e. The van der Waals surface area contributed by atoms with E-state index in [0.29, 0.717) is 5.76 Å². The van der Waals surface area contributed by atoms with E-state index >= 15 is 0 Å². The first-order chi connectivity index (χ1) is 12.7. The molecule has 1 atom stereocenters. The summed E-state index contributed by atoms with van der Waals surface area (Å²) >= 11 is 0. The van der Waals surface area contributed by atoms with E-state index in [9.17, 15) is 4.79 Å². The Morgan fingerprint density at radius 2 is 1.77 bits per heavy atom. The summed E-state index contributed by atoms with van der Waals surface area (Å²) in [6, 6.07) is 22.1. The van der Waals surface area contributed by atoms with Crippen molar-refractivity contribution in [2.45, 2.75) is 26.3 Å². The quantitative estimate of drug-likeness (QED) is 0.511. The molecule has 26 heavy (non-hydrogen) atoms. The van der Waals surface area contributed by atoms with Crippen LogP contribution >= 0.6 is 0 Å². The Kier molecular flexibility index (Phi) is 4.21. The van der Waals surface area contributed by atoms with E-state index in [0.717, 1.165) is 33.7 Å². The van der Waals surface area contributed by atoms with Crippen LogP contribution in [0.4, 0.5) is 0 Å². The number of hydrogen-bond acceptors (Lipinski definition) is 2. The fourth-order valence-corrected chi connectivity index (χ4v) is 3.35. The Balaban J connectivity index is 1.65. The number of carbonyl (C=O) groups is 1. The Hall–Kier alpha value is -3.07. The standard InChI is InChI=1S/C23H21NO2/c1-3-20(17-10-8-15(2)9-11-17)24-23(25)22-14-19-18-7-5-4-6-16(18)12-13-21(19)26-22/h4-14,20H,3H2,1-2H3,(H,24,25)/t20-/m0/s1. The minimum absolute atomic E-state index is 0.0342. The summed E-state index contributed by atoms with van der Waals surface area (Å²) in [5.74, 6) is 0.166. The third kappa shape index (κ3) is 2.97. The fraction of sp³-hybridized carbons (Fsp3) is 0.174. The molecule has 0 saturated heterocycles. The SMILES string of the molecule is CC[C@H](NC(=O)c1cc2c(ccc3ccccc32)o1)c1ccc(C)cc1. The Morgan fingerprint density at radius 3 is 2.54 bits per heavy atom. The summed E-state index contributed by atoms with van der Waals surface area (Å²) in [6.07, 6.45) is 0.817. The molecule has 4 rings (SSSR count). The van der Waals surface area contributed by atoms with Crippen molar-refractivity contribution in [3.05, 3.63) is 83.6 Å². The van der Waals surface area contributed by atoms with Gasteiger partial charge >= 0.3 is 0 Å². The zero-order chi connectivity index (χ0) is 18.1. The Morgan fingerprint density at radius 1 is 1.00 bits per heavy atom. The van der Waals surface area contributed by atoms with Crippen LogP contribution < -0.4 is 5.32 Å². The number of nitrogens with one attached hydrogen (secondary N) is 1. The Labute approximate surface area is 152 Å². The van der Waals surface area contributed by atoms with Crippen molar-refractivity contribution < 1.29 is 9.21 Å². The highest BCUT2D eigenvalue weighted by atomic mass is 16.3. The van der Waals surface area contributed by atoms with Gasteiger partial charge in [-0.15, -0.1) is 0 Å². The van der Waals surface area contributed by atoms with E-state index in [1.165, 1.54) is 5.56 Å². The lowest BCUT2D eigenvalue weighted by molar-refractivity contribution is 0.0909. The van der Waals surface area contributed by atoms with Crippen LogP contribution in [0.1, 0.15) is 41.1 Å². The predicted molar refractivity (Wildman–Crippen MR) is 105 cm³/mol. The number of benzene rings is 3. The molecule has 0 aliphatic carbocycles. The third-order valence-electron chi connectivity index (χ3n) is 4.84. The van der Waals surface area contributed by atoms with Gasteiger partial charge in [0.15, 0.2) is 5.76 Å². The van der Waals surface area contributed by atoms with Crippen molar-refractivity contribution in [3.63, 3.8) is 0 Å². The summed E-state index contributed by atoms with van der Waals surface area (Å²) in [4.78, 5) is 12.8. The maximum absolute atomic E-state index is 12.8. The molecule has 0 saturated carbocycles. The second kappa shape index (κ2) is 6.68. The first kappa shape index (κ1) is 16.4. The van der Waals surface area contributed by atoms with Gasteiger partial charge in [0.2, 0.25) is 0 Å². The first-order valence-corrected chi connectivity index (χ1v) is 8.94. The van der Waals surface area contributed by atoms with Crippen LogP contribution in [-0.4, -0.2) is 5.91 Å². The minimum Gasteiger partial charge on any atom is -0.451 e. The molecule has 0 fully saturated rings. The van der Waals surface area contributed by atoms with Gasteiger partial charge in [-0.1, -0.05) is 67.1 Å². The number of hydrogen-bond donors (Lipinski definition) is 1. The van der Waals surface area contributed by atoms with Crippen molar-refractivity contribution in [2.75, 3.05) is 0 Å². The molecule has 0 bridgehead atoms. The topological polar surface area (TPSA) is 42.2 Å². The lowest BCUT2D eigenvalue weighted by Crippen LogP contribution is -2.27. The van der Waals surface area contributed by atoms with Crippen molar-refractivity contribution in [3.8, 4) is 0 Å². The second-order valence-corrected chi connectivity index (χ2v) is 6.65. The van der Waals surface area contributed by atoms with Crippen molar-refractivity contribution >= 4 is 27.6 Å². The molecule has 3 heteroatoms. The average molecular weight is 343 g/mol. The molecule has 0 spiro atoms. The molecule has 4 aromatic rings. The molecule has 3 nitrogen and oxygen atoms in total. The van der Waals surface area contributed by atoms with Crippen LogP contribution in [0.5, 0.6) is 0 Å². The molecule has 1 heterocycles. The van der Waals surface area contributed by atoms with E-state index in [1.807, 2.05) is 30.3 Å². The van der Waals surface area contributed by atoms with Crippen LogP contribution in [-0.2, 0) is 0 Å².